The lowest BCUT2D eigenvalue weighted by Crippen LogP contribution is -3.00. The van der Waals surface area contributed by atoms with Crippen LogP contribution in [0.2, 0.25) is 0 Å². The topological polar surface area (TPSA) is 9.23 Å². The second-order valence-electron chi connectivity index (χ2n) is 3.39. The fourth-order valence-corrected chi connectivity index (χ4v) is 1.55. The number of nitrogens with zero attached hydrogens (tertiary/aromatic N) is 1. The first kappa shape index (κ1) is 20.8. The van der Waals surface area contributed by atoms with Crippen LogP contribution in [0.25, 0.3) is 0 Å². The van der Waals surface area contributed by atoms with Crippen molar-refractivity contribution in [3.63, 3.8) is 0 Å². The van der Waals surface area contributed by atoms with Crippen LogP contribution >= 0.6 is 0 Å². The van der Waals surface area contributed by atoms with Gasteiger partial charge in [0.05, 0.1) is 26.2 Å². The minimum atomic E-state index is 0. The van der Waals surface area contributed by atoms with Crippen molar-refractivity contribution >= 4 is 0 Å². The highest BCUT2D eigenvalue weighted by Crippen LogP contribution is 2.03. The Morgan fingerprint density at radius 2 is 0.933 bits per heavy atom. The van der Waals surface area contributed by atoms with Crippen LogP contribution in [0.5, 0.6) is 0 Å². The minimum Gasteiger partial charge on any atom is -1.00 e. The molecule has 0 aromatic rings. The number of rotatable bonds is 6. The lowest BCUT2D eigenvalue weighted by Gasteiger charge is -2.34. The maximum Gasteiger partial charge on any atom is 0.0757 e. The summed E-state index contributed by atoms with van der Waals surface area (Å²) >= 11 is 0. The monoisotopic (exact) mass is 283 g/mol. The average Bonchev–Trinajstić information content (AvgIpc) is 2.24. The van der Waals surface area contributed by atoms with Gasteiger partial charge in [-0.2, -0.15) is 0 Å². The molecule has 0 heterocycles. The molecule has 3 heteroatoms. The SMILES string of the molecule is CCOCC.CC[N+](CC)(CC)CC.[Br-]. The fourth-order valence-electron chi connectivity index (χ4n) is 1.55. The maximum absolute atomic E-state index is 4.83. The number of quaternary nitrogens is 1. The van der Waals surface area contributed by atoms with Gasteiger partial charge in [0, 0.05) is 13.2 Å². The van der Waals surface area contributed by atoms with E-state index in [1.807, 2.05) is 13.8 Å². The number of hydrogen-bond donors (Lipinski definition) is 0. The molecule has 15 heavy (non-hydrogen) atoms. The predicted molar refractivity (Wildman–Crippen MR) is 64.6 cm³/mol. The summed E-state index contributed by atoms with van der Waals surface area (Å²) in [5.74, 6) is 0. The third-order valence-corrected chi connectivity index (χ3v) is 3.09. The maximum atomic E-state index is 4.83. The Kier molecular flexibility index (Phi) is 19.9. The Bertz CT molecular complexity index is 86.3. The van der Waals surface area contributed by atoms with E-state index in [-0.39, 0.29) is 17.0 Å². The van der Waals surface area contributed by atoms with Crippen molar-refractivity contribution in [2.75, 3.05) is 39.4 Å². The summed E-state index contributed by atoms with van der Waals surface area (Å²) in [7, 11) is 0. The first-order valence-corrected chi connectivity index (χ1v) is 6.08. The van der Waals surface area contributed by atoms with Crippen molar-refractivity contribution in [2.45, 2.75) is 41.5 Å². The first-order chi connectivity index (χ1) is 6.66. The Labute approximate surface area is 107 Å². The van der Waals surface area contributed by atoms with Gasteiger partial charge in [0.25, 0.3) is 0 Å². The van der Waals surface area contributed by atoms with Crippen molar-refractivity contribution in [3.8, 4) is 0 Å². The van der Waals surface area contributed by atoms with Crippen molar-refractivity contribution in [3.05, 3.63) is 0 Å². The standard InChI is InChI=1S/C8H20N.C4H10O.BrH/c1-5-9(6-2,7-3)8-4;1-3-5-4-2;/h5-8H2,1-4H3;3-4H2,1-2H3;1H/q+1;;/p-1. The Hall–Kier alpha value is 0.400. The molecular formula is C12H30BrNO. The van der Waals surface area contributed by atoms with E-state index in [2.05, 4.69) is 27.7 Å². The average molecular weight is 284 g/mol. The Morgan fingerprint density at radius 1 is 0.667 bits per heavy atom. The van der Waals surface area contributed by atoms with E-state index in [1.54, 1.807) is 0 Å². The molecule has 0 aliphatic heterocycles. The molecule has 0 fully saturated rings. The summed E-state index contributed by atoms with van der Waals surface area (Å²) in [4.78, 5) is 0. The van der Waals surface area contributed by atoms with Gasteiger partial charge in [-0.3, -0.25) is 0 Å². The highest BCUT2D eigenvalue weighted by molar-refractivity contribution is 4.31. The fraction of sp³-hybridized carbons (Fsp3) is 1.00. The van der Waals surface area contributed by atoms with Gasteiger partial charge in [0.15, 0.2) is 0 Å². The van der Waals surface area contributed by atoms with Gasteiger partial charge in [-0.15, -0.1) is 0 Å². The van der Waals surface area contributed by atoms with Gasteiger partial charge in [-0.1, -0.05) is 0 Å². The van der Waals surface area contributed by atoms with Crippen molar-refractivity contribution in [1.29, 1.82) is 0 Å². The van der Waals surface area contributed by atoms with Gasteiger partial charge >= 0.3 is 0 Å². The molecule has 0 aromatic carbocycles. The molecule has 0 atom stereocenters. The zero-order valence-electron chi connectivity index (χ0n) is 11.5. The van der Waals surface area contributed by atoms with Crippen molar-refractivity contribution in [1.82, 2.24) is 0 Å². The van der Waals surface area contributed by atoms with Crippen LogP contribution in [-0.4, -0.2) is 43.9 Å². The molecule has 0 aliphatic rings. The Morgan fingerprint density at radius 3 is 0.933 bits per heavy atom. The number of hydrogen-bond acceptors (Lipinski definition) is 1. The van der Waals surface area contributed by atoms with Crippen LogP contribution in [0, 0.1) is 0 Å². The second kappa shape index (κ2) is 14.4. The van der Waals surface area contributed by atoms with E-state index >= 15 is 0 Å². The second-order valence-corrected chi connectivity index (χ2v) is 3.39. The third kappa shape index (κ3) is 10.7. The lowest BCUT2D eigenvalue weighted by molar-refractivity contribution is -0.921. The molecule has 0 radical (unpaired) electrons. The normalized spacial score (nSPS) is 10.0. The molecule has 0 amide bonds. The summed E-state index contributed by atoms with van der Waals surface area (Å²) < 4.78 is 6.11. The van der Waals surface area contributed by atoms with Crippen LogP contribution in [0.3, 0.4) is 0 Å². The summed E-state index contributed by atoms with van der Waals surface area (Å²) in [5.41, 5.74) is 0. The van der Waals surface area contributed by atoms with Gasteiger partial charge in [-0.25, -0.2) is 0 Å². The van der Waals surface area contributed by atoms with Crippen LogP contribution in [0.4, 0.5) is 0 Å². The molecule has 0 N–H and O–H groups in total. The van der Waals surface area contributed by atoms with Crippen LogP contribution in [0.1, 0.15) is 41.5 Å². The van der Waals surface area contributed by atoms with Crippen LogP contribution in [-0.2, 0) is 4.74 Å². The minimum absolute atomic E-state index is 0. The number of ether oxygens (including phenoxy) is 1. The smallest absolute Gasteiger partial charge is 0.0757 e. The summed E-state index contributed by atoms with van der Waals surface area (Å²) in [6.45, 7) is 19.9. The van der Waals surface area contributed by atoms with E-state index in [1.165, 1.54) is 30.7 Å². The zero-order valence-corrected chi connectivity index (χ0v) is 13.1. The molecule has 0 spiro atoms. The zero-order chi connectivity index (χ0) is 11.4. The van der Waals surface area contributed by atoms with Gasteiger partial charge in [0.2, 0.25) is 0 Å². The molecule has 0 rings (SSSR count). The van der Waals surface area contributed by atoms with E-state index in [0.29, 0.717) is 0 Å². The molecule has 0 saturated carbocycles. The van der Waals surface area contributed by atoms with Crippen LogP contribution in [0.15, 0.2) is 0 Å². The predicted octanol–water partition coefficient (Wildman–Crippen LogP) is -0.0704. The molecule has 0 saturated heterocycles. The number of halogens is 1. The van der Waals surface area contributed by atoms with Gasteiger partial charge < -0.3 is 26.2 Å². The highest BCUT2D eigenvalue weighted by atomic mass is 79.9. The molecular weight excluding hydrogens is 254 g/mol. The van der Waals surface area contributed by atoms with Crippen molar-refractivity contribution in [2.24, 2.45) is 0 Å². The van der Waals surface area contributed by atoms with Gasteiger partial charge in [-0.05, 0) is 41.5 Å². The Balaban J connectivity index is -0.000000208. The highest BCUT2D eigenvalue weighted by Gasteiger charge is 2.16. The van der Waals surface area contributed by atoms with E-state index < -0.39 is 0 Å². The first-order valence-electron chi connectivity index (χ1n) is 6.08. The quantitative estimate of drug-likeness (QED) is 0.621. The summed E-state index contributed by atoms with van der Waals surface area (Å²) in [6, 6.07) is 0. The summed E-state index contributed by atoms with van der Waals surface area (Å²) in [5, 5.41) is 0. The van der Waals surface area contributed by atoms with E-state index in [9.17, 15) is 0 Å². The van der Waals surface area contributed by atoms with Crippen molar-refractivity contribution < 1.29 is 26.2 Å². The van der Waals surface area contributed by atoms with Crippen LogP contribution < -0.4 is 17.0 Å². The molecule has 0 aromatic heterocycles. The molecule has 96 valence electrons. The molecule has 2 nitrogen and oxygen atoms in total. The molecule has 0 aliphatic carbocycles. The largest absolute Gasteiger partial charge is 1.00 e. The van der Waals surface area contributed by atoms with E-state index in [0.717, 1.165) is 13.2 Å². The van der Waals surface area contributed by atoms with Gasteiger partial charge in [0.1, 0.15) is 0 Å². The lowest BCUT2D eigenvalue weighted by atomic mass is 10.3. The molecule has 0 bridgehead atoms. The third-order valence-electron chi connectivity index (χ3n) is 3.09. The van der Waals surface area contributed by atoms with E-state index in [4.69, 9.17) is 4.74 Å². The molecule has 0 unspecified atom stereocenters. The summed E-state index contributed by atoms with van der Waals surface area (Å²) in [6.07, 6.45) is 0.